The zero-order chi connectivity index (χ0) is 30.4. The van der Waals surface area contributed by atoms with E-state index in [0.717, 1.165) is 38.5 Å². The Labute approximate surface area is 254 Å². The molecule has 0 aliphatic carbocycles. The van der Waals surface area contributed by atoms with Crippen LogP contribution < -0.4 is 5.32 Å². The number of unbranched alkanes of at least 4 members (excludes halogenated alkanes) is 23. The van der Waals surface area contributed by atoms with Gasteiger partial charge in [-0.15, -0.1) is 0 Å². The molecule has 7 heteroatoms. The molecule has 41 heavy (non-hydrogen) atoms. The van der Waals surface area contributed by atoms with Gasteiger partial charge in [0.1, 0.15) is 0 Å². The summed E-state index contributed by atoms with van der Waals surface area (Å²) in [5.74, 6) is -0.975. The summed E-state index contributed by atoms with van der Waals surface area (Å²) in [6.45, 7) is 4.48. The van der Waals surface area contributed by atoms with Crippen LogP contribution in [-0.2, 0) is 14.9 Å². The molecule has 0 bridgehead atoms. The number of allylic oxidation sites excluding steroid dienone is 1. The van der Waals surface area contributed by atoms with E-state index in [2.05, 4.69) is 19.2 Å². The average molecular weight is 602 g/mol. The Morgan fingerprint density at radius 1 is 0.634 bits per heavy atom. The zero-order valence-electron chi connectivity index (χ0n) is 26.9. The van der Waals surface area contributed by atoms with Gasteiger partial charge in [-0.2, -0.15) is 8.42 Å². The van der Waals surface area contributed by atoms with Gasteiger partial charge in [0.05, 0.1) is 17.9 Å². The maximum Gasteiger partial charge on any atom is 0.267 e. The molecule has 0 rings (SSSR count). The molecule has 6 nitrogen and oxygen atoms in total. The number of hydrogen-bond acceptors (Lipinski definition) is 4. The van der Waals surface area contributed by atoms with E-state index >= 15 is 0 Å². The third-order valence-corrected chi connectivity index (χ3v) is 8.74. The molecule has 1 amide bonds. The van der Waals surface area contributed by atoms with Crippen LogP contribution in [0.25, 0.3) is 0 Å². The first-order chi connectivity index (χ1) is 19.8. The molecule has 2 unspecified atom stereocenters. The standard InChI is InChI=1S/C34H67NO5S/c1-3-5-7-9-11-13-14-15-16-17-18-19-20-22-23-25-27-29-33(36)32(31-41(38,39)40)35-34(37)30-28-26-24-21-12-10-8-6-4-2/h27,29,32-33,36H,3-26,28,30-31H2,1-2H3,(H,35,37)(H,38,39,40)/b29-27+. The van der Waals surface area contributed by atoms with E-state index in [-0.39, 0.29) is 5.91 Å². The Hall–Kier alpha value is -0.920. The Morgan fingerprint density at radius 3 is 1.39 bits per heavy atom. The lowest BCUT2D eigenvalue weighted by atomic mass is 10.0. The van der Waals surface area contributed by atoms with Crippen LogP contribution in [0.15, 0.2) is 12.2 Å². The van der Waals surface area contributed by atoms with Crippen molar-refractivity contribution >= 4 is 16.0 Å². The molecule has 0 aliphatic heterocycles. The highest BCUT2D eigenvalue weighted by atomic mass is 32.2. The van der Waals surface area contributed by atoms with Crippen LogP contribution in [0.1, 0.15) is 181 Å². The Kier molecular flexibility index (Phi) is 28.5. The first kappa shape index (κ1) is 40.1. The van der Waals surface area contributed by atoms with Gasteiger partial charge in [-0.3, -0.25) is 9.35 Å². The van der Waals surface area contributed by atoms with Gasteiger partial charge in [0.2, 0.25) is 5.91 Å². The molecule has 0 aromatic carbocycles. The van der Waals surface area contributed by atoms with Gasteiger partial charge in [-0.25, -0.2) is 0 Å². The number of aliphatic hydroxyl groups is 1. The fourth-order valence-electron chi connectivity index (χ4n) is 5.33. The van der Waals surface area contributed by atoms with Crippen molar-refractivity contribution in [2.45, 2.75) is 193 Å². The maximum absolute atomic E-state index is 12.4. The third-order valence-electron chi connectivity index (χ3n) is 7.96. The molecular weight excluding hydrogens is 534 g/mol. The normalized spacial score (nSPS) is 13.6. The number of carbonyl (C=O) groups is 1. The summed E-state index contributed by atoms with van der Waals surface area (Å²) in [5.41, 5.74) is 0. The molecule has 0 aromatic rings. The molecule has 0 saturated carbocycles. The molecule has 0 aliphatic rings. The molecule has 0 fully saturated rings. The summed E-state index contributed by atoms with van der Waals surface area (Å²) in [4.78, 5) is 12.4. The number of nitrogens with one attached hydrogen (secondary N) is 1. The van der Waals surface area contributed by atoms with Gasteiger partial charge < -0.3 is 10.4 Å². The second-order valence-corrected chi connectivity index (χ2v) is 13.7. The summed E-state index contributed by atoms with van der Waals surface area (Å²) >= 11 is 0. The van der Waals surface area contributed by atoms with Gasteiger partial charge in [0, 0.05) is 6.42 Å². The maximum atomic E-state index is 12.4. The lowest BCUT2D eigenvalue weighted by Crippen LogP contribution is -2.46. The highest BCUT2D eigenvalue weighted by molar-refractivity contribution is 7.85. The van der Waals surface area contributed by atoms with Crippen LogP contribution in [-0.4, -0.2) is 41.9 Å². The number of amides is 1. The lowest BCUT2D eigenvalue weighted by Gasteiger charge is -2.21. The van der Waals surface area contributed by atoms with Crippen molar-refractivity contribution in [2.75, 3.05) is 5.75 Å². The van der Waals surface area contributed by atoms with Crippen LogP contribution in [0.2, 0.25) is 0 Å². The first-order valence-electron chi connectivity index (χ1n) is 17.4. The number of aliphatic hydroxyl groups excluding tert-OH is 1. The van der Waals surface area contributed by atoms with Crippen LogP contribution in [0.3, 0.4) is 0 Å². The third kappa shape index (κ3) is 30.3. The summed E-state index contributed by atoms with van der Waals surface area (Å²) < 4.78 is 32.2. The largest absolute Gasteiger partial charge is 0.387 e. The van der Waals surface area contributed by atoms with Gasteiger partial charge in [0.25, 0.3) is 10.1 Å². The molecule has 0 spiro atoms. The van der Waals surface area contributed by atoms with Crippen LogP contribution >= 0.6 is 0 Å². The van der Waals surface area contributed by atoms with Crippen molar-refractivity contribution in [1.29, 1.82) is 0 Å². The number of rotatable bonds is 31. The Morgan fingerprint density at radius 2 is 1.00 bits per heavy atom. The molecule has 244 valence electrons. The fraction of sp³-hybridized carbons (Fsp3) is 0.912. The van der Waals surface area contributed by atoms with Crippen molar-refractivity contribution in [3.63, 3.8) is 0 Å². The quantitative estimate of drug-likeness (QED) is 0.0417. The second kappa shape index (κ2) is 29.2. The zero-order valence-corrected chi connectivity index (χ0v) is 27.7. The van der Waals surface area contributed by atoms with E-state index in [1.807, 2.05) is 6.08 Å². The highest BCUT2D eigenvalue weighted by Gasteiger charge is 2.24. The topological polar surface area (TPSA) is 104 Å². The molecular formula is C34H67NO5S. The Bertz CT molecular complexity index is 710. The monoisotopic (exact) mass is 601 g/mol. The lowest BCUT2D eigenvalue weighted by molar-refractivity contribution is -0.122. The summed E-state index contributed by atoms with van der Waals surface area (Å²) in [7, 11) is -4.33. The van der Waals surface area contributed by atoms with Crippen molar-refractivity contribution in [2.24, 2.45) is 0 Å². The van der Waals surface area contributed by atoms with E-state index in [1.165, 1.54) is 122 Å². The molecule has 2 atom stereocenters. The van der Waals surface area contributed by atoms with E-state index < -0.39 is 28.0 Å². The summed E-state index contributed by atoms with van der Waals surface area (Å²) in [6.07, 6.45) is 33.4. The molecule has 3 N–H and O–H groups in total. The van der Waals surface area contributed by atoms with Gasteiger partial charge in [0.15, 0.2) is 0 Å². The minimum Gasteiger partial charge on any atom is -0.387 e. The fourth-order valence-corrected chi connectivity index (χ4v) is 6.07. The van der Waals surface area contributed by atoms with E-state index in [0.29, 0.717) is 6.42 Å². The molecule has 0 heterocycles. The average Bonchev–Trinajstić information content (AvgIpc) is 2.92. The van der Waals surface area contributed by atoms with E-state index in [4.69, 9.17) is 0 Å². The number of carbonyl (C=O) groups excluding carboxylic acids is 1. The minimum atomic E-state index is -4.33. The van der Waals surface area contributed by atoms with E-state index in [1.54, 1.807) is 6.08 Å². The van der Waals surface area contributed by atoms with E-state index in [9.17, 15) is 22.9 Å². The molecule has 0 saturated heterocycles. The summed E-state index contributed by atoms with van der Waals surface area (Å²) in [5, 5.41) is 13.1. The van der Waals surface area contributed by atoms with Crippen molar-refractivity contribution in [1.82, 2.24) is 5.32 Å². The molecule has 0 aromatic heterocycles. The second-order valence-electron chi connectivity index (χ2n) is 12.2. The van der Waals surface area contributed by atoms with Crippen molar-refractivity contribution in [3.05, 3.63) is 12.2 Å². The van der Waals surface area contributed by atoms with Crippen molar-refractivity contribution < 1.29 is 22.9 Å². The van der Waals surface area contributed by atoms with Crippen LogP contribution in [0.5, 0.6) is 0 Å². The smallest absolute Gasteiger partial charge is 0.267 e. The highest BCUT2D eigenvalue weighted by Crippen LogP contribution is 2.14. The predicted octanol–water partition coefficient (Wildman–Crippen LogP) is 9.46. The summed E-state index contributed by atoms with van der Waals surface area (Å²) in [6, 6.07) is -1.05. The SMILES string of the molecule is CCCCCCCCCCCCCCCCC/C=C/C(O)C(CS(=O)(=O)O)NC(=O)CCCCCCCCCCC. The first-order valence-corrected chi connectivity index (χ1v) is 19.0. The Balaban J connectivity index is 3.96. The molecule has 0 radical (unpaired) electrons. The van der Waals surface area contributed by atoms with Gasteiger partial charge >= 0.3 is 0 Å². The van der Waals surface area contributed by atoms with Crippen LogP contribution in [0.4, 0.5) is 0 Å². The van der Waals surface area contributed by atoms with Gasteiger partial charge in [-0.05, 0) is 19.3 Å². The predicted molar refractivity (Wildman–Crippen MR) is 175 cm³/mol. The van der Waals surface area contributed by atoms with Crippen molar-refractivity contribution in [3.8, 4) is 0 Å². The number of hydrogen-bond donors (Lipinski definition) is 3. The minimum absolute atomic E-state index is 0.281. The van der Waals surface area contributed by atoms with Gasteiger partial charge in [-0.1, -0.05) is 167 Å². The van der Waals surface area contributed by atoms with Crippen LogP contribution in [0, 0.1) is 0 Å².